The number of nitrogens with zero attached hydrogens (tertiary/aromatic N) is 4. The van der Waals surface area contributed by atoms with Crippen LogP contribution in [-0.2, 0) is 4.79 Å². The highest BCUT2D eigenvalue weighted by molar-refractivity contribution is 7.99. The van der Waals surface area contributed by atoms with E-state index in [1.807, 2.05) is 47.9 Å². The summed E-state index contributed by atoms with van der Waals surface area (Å²) in [5.41, 5.74) is 1.65. The quantitative estimate of drug-likeness (QED) is 0.345. The second-order valence-electron chi connectivity index (χ2n) is 6.77. The molecule has 7 nitrogen and oxygen atoms in total. The fourth-order valence-electron chi connectivity index (χ4n) is 3.05. The molecule has 0 spiro atoms. The molecule has 0 aliphatic heterocycles. The van der Waals surface area contributed by atoms with E-state index in [2.05, 4.69) is 20.5 Å². The van der Waals surface area contributed by atoms with E-state index in [4.69, 9.17) is 16.3 Å². The van der Waals surface area contributed by atoms with Gasteiger partial charge >= 0.3 is 0 Å². The molecule has 4 aromatic rings. The first-order valence-electron chi connectivity index (χ1n) is 10.0. The third-order valence-corrected chi connectivity index (χ3v) is 5.68. The van der Waals surface area contributed by atoms with Gasteiger partial charge in [-0.15, -0.1) is 10.2 Å². The molecule has 2 heterocycles. The zero-order valence-electron chi connectivity index (χ0n) is 17.5. The Balaban J connectivity index is 1.59. The molecule has 0 unspecified atom stereocenters. The van der Waals surface area contributed by atoms with Gasteiger partial charge in [-0.3, -0.25) is 14.3 Å². The summed E-state index contributed by atoms with van der Waals surface area (Å²) in [5.74, 6) is 0.391. The molecule has 33 heavy (non-hydrogen) atoms. The van der Waals surface area contributed by atoms with Crippen molar-refractivity contribution in [3.8, 4) is 22.8 Å². The molecule has 1 amide bonds. The Kier molecular flexibility index (Phi) is 7.21. The first kappa shape index (κ1) is 22.8. The molecular formula is C23H19ClFN5O2S. The van der Waals surface area contributed by atoms with Crippen molar-refractivity contribution >= 4 is 35.0 Å². The van der Waals surface area contributed by atoms with Gasteiger partial charge in [0.25, 0.3) is 0 Å². The standard InChI is InChI=1S/C23H19ClFN5O2S/c1-2-32-18-6-4-17(5-7-18)30-22(15-9-11-26-12-10-15)28-29-23(30)33-14-21(31)27-20-13-16(24)3-8-19(20)25/h3-13H,2,14H2,1H3,(H,27,31). The van der Waals surface area contributed by atoms with Gasteiger partial charge in [0.15, 0.2) is 11.0 Å². The summed E-state index contributed by atoms with van der Waals surface area (Å²) in [6.45, 7) is 2.49. The summed E-state index contributed by atoms with van der Waals surface area (Å²) >= 11 is 7.08. The lowest BCUT2D eigenvalue weighted by Gasteiger charge is -2.12. The van der Waals surface area contributed by atoms with E-state index >= 15 is 0 Å². The number of carbonyl (C=O) groups is 1. The minimum Gasteiger partial charge on any atom is -0.494 e. The highest BCUT2D eigenvalue weighted by Crippen LogP contribution is 2.29. The number of amides is 1. The van der Waals surface area contributed by atoms with Gasteiger partial charge in [-0.2, -0.15) is 0 Å². The Bertz CT molecular complexity index is 1250. The van der Waals surface area contributed by atoms with Gasteiger partial charge in [-0.1, -0.05) is 23.4 Å². The molecule has 0 saturated heterocycles. The van der Waals surface area contributed by atoms with Crippen LogP contribution >= 0.6 is 23.4 Å². The SMILES string of the molecule is CCOc1ccc(-n2c(SCC(=O)Nc3cc(Cl)ccc3F)nnc2-c2ccncc2)cc1. The number of aromatic nitrogens is 4. The van der Waals surface area contributed by atoms with Crippen LogP contribution in [0, 0.1) is 5.82 Å². The second kappa shape index (κ2) is 10.5. The van der Waals surface area contributed by atoms with Gasteiger partial charge in [-0.05, 0) is 61.5 Å². The van der Waals surface area contributed by atoms with Crippen LogP contribution in [0.4, 0.5) is 10.1 Å². The number of hydrogen-bond donors (Lipinski definition) is 1. The molecule has 0 fully saturated rings. The van der Waals surface area contributed by atoms with Crippen molar-refractivity contribution in [2.24, 2.45) is 0 Å². The molecule has 168 valence electrons. The number of hydrogen-bond acceptors (Lipinski definition) is 6. The molecule has 2 aromatic carbocycles. The van der Waals surface area contributed by atoms with Crippen molar-refractivity contribution in [1.29, 1.82) is 0 Å². The van der Waals surface area contributed by atoms with Crippen LogP contribution in [0.5, 0.6) is 5.75 Å². The average Bonchev–Trinajstić information content (AvgIpc) is 3.25. The molecule has 0 aliphatic carbocycles. The molecule has 0 aliphatic rings. The van der Waals surface area contributed by atoms with Crippen molar-refractivity contribution in [2.45, 2.75) is 12.1 Å². The smallest absolute Gasteiger partial charge is 0.234 e. The fraction of sp³-hybridized carbons (Fsp3) is 0.130. The average molecular weight is 484 g/mol. The van der Waals surface area contributed by atoms with E-state index in [9.17, 15) is 9.18 Å². The Labute approximate surface area is 199 Å². The molecule has 1 N–H and O–H groups in total. The Hall–Kier alpha value is -3.43. The van der Waals surface area contributed by atoms with E-state index in [-0.39, 0.29) is 11.4 Å². The predicted molar refractivity (Wildman–Crippen MR) is 127 cm³/mol. The van der Waals surface area contributed by atoms with Crippen molar-refractivity contribution in [3.05, 3.63) is 77.8 Å². The Morgan fingerprint density at radius 2 is 1.88 bits per heavy atom. The predicted octanol–water partition coefficient (Wildman–Crippen LogP) is 5.25. The van der Waals surface area contributed by atoms with Crippen LogP contribution in [-0.4, -0.2) is 38.0 Å². The lowest BCUT2D eigenvalue weighted by molar-refractivity contribution is -0.113. The number of nitrogens with one attached hydrogen (secondary N) is 1. The molecule has 0 radical (unpaired) electrons. The molecular weight excluding hydrogens is 465 g/mol. The van der Waals surface area contributed by atoms with Crippen LogP contribution in [0.2, 0.25) is 5.02 Å². The van der Waals surface area contributed by atoms with Gasteiger partial charge in [0.05, 0.1) is 18.0 Å². The summed E-state index contributed by atoms with van der Waals surface area (Å²) in [6, 6.07) is 15.2. The summed E-state index contributed by atoms with van der Waals surface area (Å²) < 4.78 is 21.3. The van der Waals surface area contributed by atoms with Crippen LogP contribution in [0.3, 0.4) is 0 Å². The minimum atomic E-state index is -0.560. The summed E-state index contributed by atoms with van der Waals surface area (Å²) in [7, 11) is 0. The number of ether oxygens (including phenoxy) is 1. The first-order chi connectivity index (χ1) is 16.0. The second-order valence-corrected chi connectivity index (χ2v) is 8.14. The summed E-state index contributed by atoms with van der Waals surface area (Å²) in [5, 5.41) is 12.0. The number of rotatable bonds is 8. The van der Waals surface area contributed by atoms with Crippen LogP contribution in [0.25, 0.3) is 17.1 Å². The molecule has 0 bridgehead atoms. The maximum absolute atomic E-state index is 13.9. The van der Waals surface area contributed by atoms with Crippen molar-refractivity contribution < 1.29 is 13.9 Å². The molecule has 0 saturated carbocycles. The zero-order chi connectivity index (χ0) is 23.2. The van der Waals surface area contributed by atoms with Crippen LogP contribution in [0.1, 0.15) is 6.92 Å². The minimum absolute atomic E-state index is 0.00252. The number of anilines is 1. The third kappa shape index (κ3) is 5.50. The van der Waals surface area contributed by atoms with Gasteiger partial charge < -0.3 is 10.1 Å². The number of pyridine rings is 1. The Morgan fingerprint density at radius 1 is 1.12 bits per heavy atom. The largest absolute Gasteiger partial charge is 0.494 e. The Morgan fingerprint density at radius 3 is 2.61 bits per heavy atom. The number of benzene rings is 2. The molecule has 4 rings (SSSR count). The normalized spacial score (nSPS) is 10.8. The van der Waals surface area contributed by atoms with Crippen LogP contribution in [0.15, 0.2) is 72.1 Å². The zero-order valence-corrected chi connectivity index (χ0v) is 19.1. The molecule has 0 atom stereocenters. The van der Waals surface area contributed by atoms with Crippen molar-refractivity contribution in [3.63, 3.8) is 0 Å². The van der Waals surface area contributed by atoms with E-state index in [1.165, 1.54) is 30.0 Å². The number of halogens is 2. The lowest BCUT2D eigenvalue weighted by Crippen LogP contribution is -2.15. The monoisotopic (exact) mass is 483 g/mol. The number of thioether (sulfide) groups is 1. The van der Waals surface area contributed by atoms with E-state index < -0.39 is 11.7 Å². The highest BCUT2D eigenvalue weighted by atomic mass is 35.5. The maximum atomic E-state index is 13.9. The summed E-state index contributed by atoms with van der Waals surface area (Å²) in [6.07, 6.45) is 3.35. The van der Waals surface area contributed by atoms with E-state index in [0.717, 1.165) is 17.0 Å². The van der Waals surface area contributed by atoms with Crippen molar-refractivity contribution in [2.75, 3.05) is 17.7 Å². The molecule has 2 aromatic heterocycles. The van der Waals surface area contributed by atoms with Gasteiger partial charge in [-0.25, -0.2) is 4.39 Å². The van der Waals surface area contributed by atoms with Crippen LogP contribution < -0.4 is 10.1 Å². The topological polar surface area (TPSA) is 81.9 Å². The highest BCUT2D eigenvalue weighted by Gasteiger charge is 2.18. The fourth-order valence-corrected chi connectivity index (χ4v) is 3.98. The van der Waals surface area contributed by atoms with E-state index in [1.54, 1.807) is 12.4 Å². The van der Waals surface area contributed by atoms with Gasteiger partial charge in [0.2, 0.25) is 5.91 Å². The maximum Gasteiger partial charge on any atom is 0.234 e. The molecule has 10 heteroatoms. The van der Waals surface area contributed by atoms with Gasteiger partial charge in [0.1, 0.15) is 11.6 Å². The van der Waals surface area contributed by atoms with Crippen molar-refractivity contribution in [1.82, 2.24) is 19.7 Å². The van der Waals surface area contributed by atoms with Gasteiger partial charge in [0, 0.05) is 28.7 Å². The van der Waals surface area contributed by atoms with E-state index in [0.29, 0.717) is 22.6 Å². The number of carbonyl (C=O) groups excluding carboxylic acids is 1. The first-order valence-corrected chi connectivity index (χ1v) is 11.4. The summed E-state index contributed by atoms with van der Waals surface area (Å²) in [4.78, 5) is 16.5. The third-order valence-electron chi connectivity index (χ3n) is 4.51. The lowest BCUT2D eigenvalue weighted by atomic mass is 10.2.